The third kappa shape index (κ3) is 4.10. The molecular weight excluding hydrogens is 353 g/mol. The third-order valence-electron chi connectivity index (χ3n) is 3.36. The van der Waals surface area contributed by atoms with Crippen LogP contribution in [0.4, 0.5) is 18.9 Å². The lowest BCUT2D eigenvalue weighted by Crippen LogP contribution is -2.48. The number of hydrogen-bond acceptors (Lipinski definition) is 3. The maximum Gasteiger partial charge on any atom is 0.573 e. The van der Waals surface area contributed by atoms with E-state index < -0.39 is 11.9 Å². The molecule has 8 heteroatoms. The number of nitrogens with one attached hydrogen (secondary N) is 1. The van der Waals surface area contributed by atoms with Crippen LogP contribution < -0.4 is 15.8 Å². The molecule has 0 saturated heterocycles. The van der Waals surface area contributed by atoms with Crippen molar-refractivity contribution >= 4 is 27.5 Å². The van der Waals surface area contributed by atoms with Crippen molar-refractivity contribution < 1.29 is 22.7 Å². The van der Waals surface area contributed by atoms with Crippen LogP contribution in [0.2, 0.25) is 0 Å². The summed E-state index contributed by atoms with van der Waals surface area (Å²) in [5, 5.41) is 2.62. The van der Waals surface area contributed by atoms with Crippen molar-refractivity contribution in [3.05, 3.63) is 22.7 Å². The predicted molar refractivity (Wildman–Crippen MR) is 74.8 cm³/mol. The van der Waals surface area contributed by atoms with E-state index in [1.54, 1.807) is 0 Å². The topological polar surface area (TPSA) is 64.4 Å². The van der Waals surface area contributed by atoms with E-state index in [4.69, 9.17) is 5.73 Å². The summed E-state index contributed by atoms with van der Waals surface area (Å²) in [4.78, 5) is 12.1. The maximum absolute atomic E-state index is 12.2. The Labute approximate surface area is 128 Å². The van der Waals surface area contributed by atoms with E-state index in [1.165, 1.54) is 12.1 Å². The fourth-order valence-electron chi connectivity index (χ4n) is 2.27. The van der Waals surface area contributed by atoms with Gasteiger partial charge in [-0.2, -0.15) is 0 Å². The zero-order chi connectivity index (χ0) is 15.7. The van der Waals surface area contributed by atoms with Gasteiger partial charge in [-0.3, -0.25) is 4.79 Å². The molecule has 1 fully saturated rings. The van der Waals surface area contributed by atoms with Crippen molar-refractivity contribution in [1.82, 2.24) is 0 Å². The van der Waals surface area contributed by atoms with Crippen molar-refractivity contribution in [2.24, 2.45) is 5.73 Å². The summed E-state index contributed by atoms with van der Waals surface area (Å²) in [7, 11) is 0. The summed E-state index contributed by atoms with van der Waals surface area (Å²) >= 11 is 2.98. The number of rotatable bonds is 3. The fraction of sp³-hybridized carbons (Fsp3) is 0.462. The van der Waals surface area contributed by atoms with Gasteiger partial charge in [-0.05, 0) is 47.0 Å². The van der Waals surface area contributed by atoms with Crippen LogP contribution in [0.15, 0.2) is 22.7 Å². The van der Waals surface area contributed by atoms with Crippen LogP contribution in [0.3, 0.4) is 0 Å². The van der Waals surface area contributed by atoms with Crippen LogP contribution in [-0.4, -0.2) is 17.8 Å². The normalized spacial score (nSPS) is 17.6. The quantitative estimate of drug-likeness (QED) is 0.859. The van der Waals surface area contributed by atoms with Crippen LogP contribution in [-0.2, 0) is 4.79 Å². The lowest BCUT2D eigenvalue weighted by molar-refractivity contribution is -0.274. The summed E-state index contributed by atoms with van der Waals surface area (Å²) < 4.78 is 40.4. The minimum atomic E-state index is -4.77. The molecule has 116 valence electrons. The highest BCUT2D eigenvalue weighted by Crippen LogP contribution is 2.33. The first kappa shape index (κ1) is 16.1. The standard InChI is InChI=1S/C13H14BrF3N2O2/c14-9-7-8(3-4-10(9)21-13(15,16)17)19-11(20)12(18)5-1-2-6-12/h3-4,7H,1-2,5-6,18H2,(H,19,20). The van der Waals surface area contributed by atoms with E-state index in [9.17, 15) is 18.0 Å². The number of carbonyl (C=O) groups is 1. The molecule has 0 aliphatic heterocycles. The number of anilines is 1. The largest absolute Gasteiger partial charge is 0.573 e. The molecule has 0 bridgehead atoms. The SMILES string of the molecule is NC1(C(=O)Nc2ccc(OC(F)(F)F)c(Br)c2)CCCC1. The predicted octanol–water partition coefficient (Wildman–Crippen LogP) is 3.56. The van der Waals surface area contributed by atoms with Crippen LogP contribution in [0.25, 0.3) is 0 Å². The second-order valence-corrected chi connectivity index (χ2v) is 5.86. The zero-order valence-corrected chi connectivity index (χ0v) is 12.6. The van der Waals surface area contributed by atoms with Gasteiger partial charge in [0.2, 0.25) is 5.91 Å². The van der Waals surface area contributed by atoms with Crippen molar-refractivity contribution in [2.45, 2.75) is 37.6 Å². The molecule has 0 aromatic heterocycles. The van der Waals surface area contributed by atoms with E-state index in [1.807, 2.05) is 0 Å². The molecule has 1 aliphatic rings. The smallest absolute Gasteiger partial charge is 0.405 e. The Morgan fingerprint density at radius 2 is 1.95 bits per heavy atom. The van der Waals surface area contributed by atoms with Crippen LogP contribution >= 0.6 is 15.9 Å². The number of ether oxygens (including phenoxy) is 1. The molecule has 1 amide bonds. The first-order valence-electron chi connectivity index (χ1n) is 6.35. The van der Waals surface area contributed by atoms with Gasteiger partial charge >= 0.3 is 6.36 Å². The maximum atomic E-state index is 12.2. The van der Waals surface area contributed by atoms with Crippen molar-refractivity contribution in [1.29, 1.82) is 0 Å². The highest BCUT2D eigenvalue weighted by atomic mass is 79.9. The molecule has 0 unspecified atom stereocenters. The van der Waals surface area contributed by atoms with E-state index in [0.29, 0.717) is 18.5 Å². The van der Waals surface area contributed by atoms with Gasteiger partial charge in [0.05, 0.1) is 10.0 Å². The highest BCUT2D eigenvalue weighted by Gasteiger charge is 2.37. The molecule has 0 atom stereocenters. The van der Waals surface area contributed by atoms with Crippen molar-refractivity contribution in [2.75, 3.05) is 5.32 Å². The average molecular weight is 367 g/mol. The number of benzene rings is 1. The van der Waals surface area contributed by atoms with E-state index in [-0.39, 0.29) is 16.1 Å². The molecule has 1 aromatic carbocycles. The number of carbonyl (C=O) groups excluding carboxylic acids is 1. The van der Waals surface area contributed by atoms with Gasteiger partial charge < -0.3 is 15.8 Å². The van der Waals surface area contributed by atoms with Gasteiger partial charge in [0.25, 0.3) is 0 Å². The highest BCUT2D eigenvalue weighted by molar-refractivity contribution is 9.10. The van der Waals surface area contributed by atoms with Crippen molar-refractivity contribution in [3.8, 4) is 5.75 Å². The number of nitrogens with two attached hydrogens (primary N) is 1. The Balaban J connectivity index is 2.08. The molecule has 21 heavy (non-hydrogen) atoms. The Morgan fingerprint density at radius 3 is 2.48 bits per heavy atom. The molecule has 0 heterocycles. The summed E-state index contributed by atoms with van der Waals surface area (Å²) in [6.45, 7) is 0. The molecule has 4 nitrogen and oxygen atoms in total. The van der Waals surface area contributed by atoms with Crippen LogP contribution in [0.1, 0.15) is 25.7 Å². The summed E-state index contributed by atoms with van der Waals surface area (Å²) in [6, 6.07) is 3.81. The number of alkyl halides is 3. The van der Waals surface area contributed by atoms with Gasteiger partial charge in [-0.25, -0.2) is 0 Å². The summed E-state index contributed by atoms with van der Waals surface area (Å²) in [5.74, 6) is -0.694. The molecule has 0 spiro atoms. The Bertz CT molecular complexity index is 543. The minimum Gasteiger partial charge on any atom is -0.405 e. The third-order valence-corrected chi connectivity index (χ3v) is 3.98. The Morgan fingerprint density at radius 1 is 1.33 bits per heavy atom. The Hall–Kier alpha value is -1.28. The number of amides is 1. The number of hydrogen-bond donors (Lipinski definition) is 2. The molecular formula is C13H14BrF3N2O2. The van der Waals surface area contributed by atoms with E-state index >= 15 is 0 Å². The van der Waals surface area contributed by atoms with Crippen LogP contribution in [0.5, 0.6) is 5.75 Å². The molecule has 2 rings (SSSR count). The van der Waals surface area contributed by atoms with Crippen LogP contribution in [0, 0.1) is 0 Å². The Kier molecular flexibility index (Phi) is 4.48. The second-order valence-electron chi connectivity index (χ2n) is 5.01. The second kappa shape index (κ2) is 5.84. The number of halogens is 4. The first-order chi connectivity index (χ1) is 9.70. The van der Waals surface area contributed by atoms with Gasteiger partial charge in [0.15, 0.2) is 0 Å². The first-order valence-corrected chi connectivity index (χ1v) is 7.15. The molecule has 3 N–H and O–H groups in total. The lowest BCUT2D eigenvalue weighted by Gasteiger charge is -2.22. The summed E-state index contributed by atoms with van der Waals surface area (Å²) in [5.41, 5.74) is 5.47. The van der Waals surface area contributed by atoms with Gasteiger partial charge in [-0.1, -0.05) is 12.8 Å². The molecule has 0 radical (unpaired) electrons. The van der Waals surface area contributed by atoms with Gasteiger partial charge in [0, 0.05) is 5.69 Å². The molecule has 1 saturated carbocycles. The lowest BCUT2D eigenvalue weighted by atomic mass is 9.98. The van der Waals surface area contributed by atoms with E-state index in [2.05, 4.69) is 26.0 Å². The monoisotopic (exact) mass is 366 g/mol. The van der Waals surface area contributed by atoms with Gasteiger partial charge in [-0.15, -0.1) is 13.2 Å². The zero-order valence-electron chi connectivity index (χ0n) is 11.0. The fourth-order valence-corrected chi connectivity index (χ4v) is 2.73. The van der Waals surface area contributed by atoms with Gasteiger partial charge in [0.1, 0.15) is 5.75 Å². The van der Waals surface area contributed by atoms with Crippen molar-refractivity contribution in [3.63, 3.8) is 0 Å². The molecule has 1 aliphatic carbocycles. The molecule has 1 aromatic rings. The average Bonchev–Trinajstić information content (AvgIpc) is 2.80. The minimum absolute atomic E-state index is 0.0927. The van der Waals surface area contributed by atoms with E-state index in [0.717, 1.165) is 18.9 Å². The summed E-state index contributed by atoms with van der Waals surface area (Å²) in [6.07, 6.45) is -1.76.